The lowest BCUT2D eigenvalue weighted by Gasteiger charge is -2.09. The molecule has 4 rings (SSSR count). The molecule has 1 aromatic carbocycles. The SMILES string of the molecule is COc1cc(NC(=O)C(=O)c2c(C)n(Cc3ccc(Cl)cc3)c3cc(C)sc23)ccn1. The van der Waals surface area contributed by atoms with Crippen molar-refractivity contribution in [3.8, 4) is 5.88 Å². The number of methoxy groups -OCH3 is 1. The second-order valence-corrected chi connectivity index (χ2v) is 8.81. The number of carbonyl (C=O) groups excluding carboxylic acids is 2. The molecule has 1 N–H and O–H groups in total. The number of amides is 1. The first-order valence-electron chi connectivity index (χ1n) is 9.56. The molecular weight excluding hydrogens is 434 g/mol. The predicted octanol–water partition coefficient (Wildman–Crippen LogP) is 5.25. The summed E-state index contributed by atoms with van der Waals surface area (Å²) in [5, 5.41) is 3.32. The van der Waals surface area contributed by atoms with E-state index in [1.54, 1.807) is 12.1 Å². The van der Waals surface area contributed by atoms with Crippen molar-refractivity contribution in [2.24, 2.45) is 0 Å². The van der Waals surface area contributed by atoms with E-state index in [4.69, 9.17) is 16.3 Å². The molecule has 0 aliphatic carbocycles. The number of ether oxygens (including phenoxy) is 1. The quantitative estimate of drug-likeness (QED) is 0.320. The van der Waals surface area contributed by atoms with Crippen LogP contribution in [0.15, 0.2) is 48.7 Å². The number of aryl methyl sites for hydroxylation is 1. The van der Waals surface area contributed by atoms with Gasteiger partial charge in [0.15, 0.2) is 0 Å². The average Bonchev–Trinajstić information content (AvgIpc) is 3.24. The average molecular weight is 454 g/mol. The summed E-state index contributed by atoms with van der Waals surface area (Å²) in [6.07, 6.45) is 1.51. The van der Waals surface area contributed by atoms with E-state index in [-0.39, 0.29) is 0 Å². The minimum absolute atomic E-state index is 0.354. The van der Waals surface area contributed by atoms with Crippen molar-refractivity contribution in [3.63, 3.8) is 0 Å². The fraction of sp³-hybridized carbons (Fsp3) is 0.174. The van der Waals surface area contributed by atoms with E-state index in [1.807, 2.05) is 44.2 Å². The summed E-state index contributed by atoms with van der Waals surface area (Å²) in [5.41, 5.74) is 3.63. The lowest BCUT2D eigenvalue weighted by atomic mass is 10.1. The highest BCUT2D eigenvalue weighted by Gasteiger charge is 2.27. The number of nitrogens with zero attached hydrogens (tertiary/aromatic N) is 2. The number of carbonyl (C=O) groups is 2. The molecule has 1 amide bonds. The van der Waals surface area contributed by atoms with Gasteiger partial charge in [0.2, 0.25) is 5.88 Å². The van der Waals surface area contributed by atoms with Gasteiger partial charge in [-0.1, -0.05) is 23.7 Å². The summed E-state index contributed by atoms with van der Waals surface area (Å²) in [5.74, 6) is -0.922. The zero-order chi connectivity index (χ0) is 22.1. The van der Waals surface area contributed by atoms with E-state index in [9.17, 15) is 9.59 Å². The van der Waals surface area contributed by atoms with Crippen molar-refractivity contribution in [2.75, 3.05) is 12.4 Å². The van der Waals surface area contributed by atoms with Crippen LogP contribution >= 0.6 is 22.9 Å². The van der Waals surface area contributed by atoms with E-state index in [1.165, 1.54) is 24.6 Å². The highest BCUT2D eigenvalue weighted by atomic mass is 35.5. The largest absolute Gasteiger partial charge is 0.481 e. The van der Waals surface area contributed by atoms with Crippen molar-refractivity contribution in [1.82, 2.24) is 9.55 Å². The zero-order valence-corrected chi connectivity index (χ0v) is 18.8. The minimum Gasteiger partial charge on any atom is -0.481 e. The summed E-state index contributed by atoms with van der Waals surface area (Å²) < 4.78 is 7.95. The Balaban J connectivity index is 1.69. The van der Waals surface area contributed by atoms with Crippen LogP contribution in [0.5, 0.6) is 5.88 Å². The number of thiophene rings is 1. The normalized spacial score (nSPS) is 11.0. The van der Waals surface area contributed by atoms with Crippen LogP contribution in [0.2, 0.25) is 5.02 Å². The number of fused-ring (bicyclic) bond motifs is 1. The fourth-order valence-electron chi connectivity index (χ4n) is 3.50. The molecule has 6 nitrogen and oxygen atoms in total. The maximum Gasteiger partial charge on any atom is 0.296 e. The van der Waals surface area contributed by atoms with Crippen molar-refractivity contribution < 1.29 is 14.3 Å². The van der Waals surface area contributed by atoms with Crippen LogP contribution in [-0.2, 0) is 11.3 Å². The second kappa shape index (κ2) is 8.53. The monoisotopic (exact) mass is 453 g/mol. The van der Waals surface area contributed by atoms with Gasteiger partial charge in [-0.15, -0.1) is 11.3 Å². The number of hydrogen-bond acceptors (Lipinski definition) is 5. The lowest BCUT2D eigenvalue weighted by molar-refractivity contribution is -0.112. The highest BCUT2D eigenvalue weighted by Crippen LogP contribution is 2.34. The van der Waals surface area contributed by atoms with Crippen LogP contribution in [0, 0.1) is 13.8 Å². The third kappa shape index (κ3) is 4.19. The van der Waals surface area contributed by atoms with Gasteiger partial charge < -0.3 is 14.6 Å². The molecule has 0 saturated heterocycles. The molecule has 8 heteroatoms. The Labute approximate surface area is 188 Å². The lowest BCUT2D eigenvalue weighted by Crippen LogP contribution is -2.23. The van der Waals surface area contributed by atoms with Crippen LogP contribution in [0.1, 0.15) is 26.5 Å². The highest BCUT2D eigenvalue weighted by molar-refractivity contribution is 7.19. The van der Waals surface area contributed by atoms with Crippen LogP contribution in [0.4, 0.5) is 5.69 Å². The summed E-state index contributed by atoms with van der Waals surface area (Å²) in [6, 6.07) is 12.8. The first kappa shape index (κ1) is 21.1. The fourth-order valence-corrected chi connectivity index (χ4v) is 4.74. The third-order valence-electron chi connectivity index (χ3n) is 5.01. The number of ketones is 1. The Kier molecular flexibility index (Phi) is 5.80. The maximum absolute atomic E-state index is 13.2. The second-order valence-electron chi connectivity index (χ2n) is 7.11. The van der Waals surface area contributed by atoms with Gasteiger partial charge in [0, 0.05) is 40.1 Å². The molecule has 4 aromatic rings. The Bertz CT molecular complexity index is 1290. The van der Waals surface area contributed by atoms with E-state index in [0.717, 1.165) is 26.4 Å². The van der Waals surface area contributed by atoms with Gasteiger partial charge >= 0.3 is 0 Å². The molecule has 0 fully saturated rings. The summed E-state index contributed by atoms with van der Waals surface area (Å²) in [6.45, 7) is 4.43. The number of rotatable bonds is 6. The van der Waals surface area contributed by atoms with Crippen LogP contribution in [0.3, 0.4) is 0 Å². The first-order valence-corrected chi connectivity index (χ1v) is 10.8. The van der Waals surface area contributed by atoms with E-state index >= 15 is 0 Å². The molecule has 3 aromatic heterocycles. The number of Topliss-reactive ketones (excluding diaryl/α,β-unsaturated/α-hetero) is 1. The zero-order valence-electron chi connectivity index (χ0n) is 17.2. The van der Waals surface area contributed by atoms with Gasteiger partial charge in [-0.25, -0.2) is 4.98 Å². The van der Waals surface area contributed by atoms with Gasteiger partial charge in [-0.3, -0.25) is 9.59 Å². The number of anilines is 1. The van der Waals surface area contributed by atoms with E-state index in [2.05, 4.69) is 14.9 Å². The van der Waals surface area contributed by atoms with Gasteiger partial charge in [0.25, 0.3) is 11.7 Å². The maximum atomic E-state index is 13.2. The number of benzene rings is 1. The molecule has 0 atom stereocenters. The summed E-state index contributed by atoms with van der Waals surface area (Å²) in [4.78, 5) is 31.0. The molecule has 3 heterocycles. The topological polar surface area (TPSA) is 73.2 Å². The minimum atomic E-state index is -0.701. The molecular formula is C23H20ClN3O3S. The number of nitrogens with one attached hydrogen (secondary N) is 1. The van der Waals surface area contributed by atoms with Crippen LogP contribution in [-0.4, -0.2) is 28.4 Å². The van der Waals surface area contributed by atoms with E-state index < -0.39 is 11.7 Å². The Morgan fingerprint density at radius 2 is 1.90 bits per heavy atom. The molecule has 0 saturated carbocycles. The Morgan fingerprint density at radius 1 is 1.16 bits per heavy atom. The van der Waals surface area contributed by atoms with Gasteiger partial charge in [-0.2, -0.15) is 0 Å². The molecule has 0 aliphatic heterocycles. The summed E-state index contributed by atoms with van der Waals surface area (Å²) >= 11 is 7.52. The molecule has 0 radical (unpaired) electrons. The number of hydrogen-bond donors (Lipinski definition) is 1. The molecule has 158 valence electrons. The molecule has 0 unspecified atom stereocenters. The number of aromatic nitrogens is 2. The predicted molar refractivity (Wildman–Crippen MR) is 124 cm³/mol. The first-order chi connectivity index (χ1) is 14.9. The Hall–Kier alpha value is -3.16. The number of pyridine rings is 1. The van der Waals surface area contributed by atoms with Gasteiger partial charge in [0.05, 0.1) is 22.9 Å². The van der Waals surface area contributed by atoms with Crippen molar-refractivity contribution in [3.05, 3.63) is 75.4 Å². The standard InChI is InChI=1S/C23H20ClN3O3S/c1-13-10-18-22(31-13)20(14(2)27(18)12-15-4-6-16(24)7-5-15)21(28)23(29)26-17-8-9-25-19(11-17)30-3/h4-11H,12H2,1-3H3,(H,25,26,29). The summed E-state index contributed by atoms with van der Waals surface area (Å²) in [7, 11) is 1.49. The molecule has 0 spiro atoms. The number of halogens is 1. The van der Waals surface area contributed by atoms with Crippen LogP contribution in [0.25, 0.3) is 10.2 Å². The van der Waals surface area contributed by atoms with Crippen molar-refractivity contribution >= 4 is 50.5 Å². The molecule has 0 bridgehead atoms. The van der Waals surface area contributed by atoms with Gasteiger partial charge in [-0.05, 0) is 43.7 Å². The van der Waals surface area contributed by atoms with Crippen molar-refractivity contribution in [1.29, 1.82) is 0 Å². The van der Waals surface area contributed by atoms with Crippen molar-refractivity contribution in [2.45, 2.75) is 20.4 Å². The third-order valence-corrected chi connectivity index (χ3v) is 6.32. The molecule has 31 heavy (non-hydrogen) atoms. The van der Waals surface area contributed by atoms with E-state index in [0.29, 0.717) is 28.7 Å². The van der Waals surface area contributed by atoms with Crippen LogP contribution < -0.4 is 10.1 Å². The Morgan fingerprint density at radius 3 is 2.61 bits per heavy atom. The molecule has 0 aliphatic rings. The smallest absolute Gasteiger partial charge is 0.296 e. The van der Waals surface area contributed by atoms with Gasteiger partial charge in [0.1, 0.15) is 0 Å².